The lowest BCUT2D eigenvalue weighted by Crippen LogP contribution is -2.28. The average molecular weight is 248 g/mol. The highest BCUT2D eigenvalue weighted by atomic mass is 19.1. The maximum absolute atomic E-state index is 13.6. The third-order valence-electron chi connectivity index (χ3n) is 2.56. The molecular formula is C12H13FN4O. The summed E-state index contributed by atoms with van der Waals surface area (Å²) in [7, 11) is 0. The fraction of sp³-hybridized carbons (Fsp3) is 0.250. The maximum Gasteiger partial charge on any atom is 0.254 e. The Bertz CT molecular complexity index is 553. The van der Waals surface area contributed by atoms with E-state index in [0.29, 0.717) is 5.82 Å². The third-order valence-corrected chi connectivity index (χ3v) is 2.56. The van der Waals surface area contributed by atoms with Crippen molar-refractivity contribution in [2.24, 2.45) is 0 Å². The molecule has 94 valence electrons. The first-order valence-electron chi connectivity index (χ1n) is 5.50. The molecule has 1 aromatic heterocycles. The Morgan fingerprint density at radius 1 is 1.50 bits per heavy atom. The monoisotopic (exact) mass is 248 g/mol. The quantitative estimate of drug-likeness (QED) is 0.869. The van der Waals surface area contributed by atoms with Crippen molar-refractivity contribution in [2.45, 2.75) is 19.9 Å². The van der Waals surface area contributed by atoms with Gasteiger partial charge in [-0.25, -0.2) is 9.37 Å². The zero-order chi connectivity index (χ0) is 13.1. The minimum absolute atomic E-state index is 0.0203. The topological polar surface area (TPSA) is 70.7 Å². The van der Waals surface area contributed by atoms with Gasteiger partial charge in [0.05, 0.1) is 11.6 Å². The van der Waals surface area contributed by atoms with Gasteiger partial charge in [-0.1, -0.05) is 6.07 Å². The second-order valence-corrected chi connectivity index (χ2v) is 4.05. The smallest absolute Gasteiger partial charge is 0.254 e. The van der Waals surface area contributed by atoms with Crippen LogP contribution in [0.4, 0.5) is 4.39 Å². The molecule has 2 aromatic rings. The van der Waals surface area contributed by atoms with E-state index in [-0.39, 0.29) is 11.6 Å². The number of H-pyrrole nitrogens is 1. The molecule has 5 nitrogen and oxygen atoms in total. The van der Waals surface area contributed by atoms with Gasteiger partial charge >= 0.3 is 0 Å². The number of hydrogen-bond acceptors (Lipinski definition) is 3. The number of nitrogens with zero attached hydrogens (tertiary/aromatic N) is 2. The van der Waals surface area contributed by atoms with Gasteiger partial charge in [0.15, 0.2) is 0 Å². The van der Waals surface area contributed by atoms with Gasteiger partial charge in [0.1, 0.15) is 18.0 Å². The highest BCUT2D eigenvalue weighted by Crippen LogP contribution is 2.12. The first-order valence-corrected chi connectivity index (χ1v) is 5.50. The van der Waals surface area contributed by atoms with Crippen molar-refractivity contribution in [3.05, 3.63) is 47.3 Å². The molecule has 2 N–H and O–H groups in total. The van der Waals surface area contributed by atoms with Crippen molar-refractivity contribution in [3.63, 3.8) is 0 Å². The lowest BCUT2D eigenvalue weighted by atomic mass is 10.1. The fourth-order valence-electron chi connectivity index (χ4n) is 1.57. The summed E-state index contributed by atoms with van der Waals surface area (Å²) in [5.41, 5.74) is 0.791. The summed E-state index contributed by atoms with van der Waals surface area (Å²) in [4.78, 5) is 15.8. The summed E-state index contributed by atoms with van der Waals surface area (Å²) in [5.74, 6) is -0.482. The molecule has 1 atom stereocenters. The molecule has 0 saturated heterocycles. The number of hydrogen-bond donors (Lipinski definition) is 2. The Kier molecular flexibility index (Phi) is 3.36. The number of halogens is 1. The molecule has 0 aliphatic heterocycles. The number of carbonyl (C=O) groups excluding carboxylic acids is 1. The maximum atomic E-state index is 13.6. The largest absolute Gasteiger partial charge is 0.342 e. The van der Waals surface area contributed by atoms with Gasteiger partial charge < -0.3 is 5.32 Å². The molecular weight excluding hydrogens is 235 g/mol. The first-order chi connectivity index (χ1) is 8.58. The second-order valence-electron chi connectivity index (χ2n) is 4.05. The summed E-state index contributed by atoms with van der Waals surface area (Å²) in [5, 5.41) is 8.99. The molecule has 0 aliphatic carbocycles. The van der Waals surface area contributed by atoms with Crippen LogP contribution in [0.15, 0.2) is 24.5 Å². The molecule has 0 radical (unpaired) electrons. The number of aryl methyl sites for hydroxylation is 1. The zero-order valence-electron chi connectivity index (χ0n) is 10.1. The van der Waals surface area contributed by atoms with Crippen LogP contribution < -0.4 is 5.32 Å². The summed E-state index contributed by atoms with van der Waals surface area (Å²) in [6.07, 6.45) is 1.35. The van der Waals surface area contributed by atoms with Crippen molar-refractivity contribution in [1.29, 1.82) is 0 Å². The Morgan fingerprint density at radius 2 is 2.28 bits per heavy atom. The standard InChI is InChI=1S/C12H13FN4O/c1-7-3-4-9(10(13)5-7)12(18)16-8(2)11-14-6-15-17-11/h3-6,8H,1-2H3,(H,16,18)(H,14,15,17). The molecule has 0 bridgehead atoms. The van der Waals surface area contributed by atoms with Crippen molar-refractivity contribution < 1.29 is 9.18 Å². The predicted octanol–water partition coefficient (Wildman–Crippen LogP) is 1.74. The van der Waals surface area contributed by atoms with Crippen LogP contribution in [0.2, 0.25) is 0 Å². The third kappa shape index (κ3) is 2.53. The minimum Gasteiger partial charge on any atom is -0.342 e. The van der Waals surface area contributed by atoms with E-state index in [2.05, 4.69) is 20.5 Å². The average Bonchev–Trinajstić information content (AvgIpc) is 2.81. The number of aromatic nitrogens is 3. The van der Waals surface area contributed by atoms with Crippen LogP contribution in [0.3, 0.4) is 0 Å². The summed E-state index contributed by atoms with van der Waals surface area (Å²) in [6, 6.07) is 4.12. The minimum atomic E-state index is -0.530. The van der Waals surface area contributed by atoms with Gasteiger partial charge in [0.2, 0.25) is 0 Å². The number of aromatic amines is 1. The number of rotatable bonds is 3. The van der Waals surface area contributed by atoms with E-state index >= 15 is 0 Å². The number of nitrogens with one attached hydrogen (secondary N) is 2. The van der Waals surface area contributed by atoms with Crippen LogP contribution in [0.5, 0.6) is 0 Å². The van der Waals surface area contributed by atoms with Crippen LogP contribution in [-0.2, 0) is 0 Å². The van der Waals surface area contributed by atoms with E-state index in [1.165, 1.54) is 18.5 Å². The van der Waals surface area contributed by atoms with Crippen molar-refractivity contribution in [3.8, 4) is 0 Å². The zero-order valence-corrected chi connectivity index (χ0v) is 10.1. The normalized spacial score (nSPS) is 12.2. The lowest BCUT2D eigenvalue weighted by molar-refractivity contribution is 0.0934. The summed E-state index contributed by atoms with van der Waals surface area (Å²) < 4.78 is 13.6. The van der Waals surface area contributed by atoms with Crippen molar-refractivity contribution in [1.82, 2.24) is 20.5 Å². The Morgan fingerprint density at radius 3 is 2.89 bits per heavy atom. The highest BCUT2D eigenvalue weighted by Gasteiger charge is 2.16. The van der Waals surface area contributed by atoms with Crippen LogP contribution in [0.25, 0.3) is 0 Å². The number of amides is 1. The molecule has 1 unspecified atom stereocenters. The number of benzene rings is 1. The number of carbonyl (C=O) groups is 1. The molecule has 1 aromatic carbocycles. The van der Waals surface area contributed by atoms with E-state index in [4.69, 9.17) is 0 Å². The lowest BCUT2D eigenvalue weighted by Gasteiger charge is -2.11. The predicted molar refractivity (Wildman–Crippen MR) is 63.4 cm³/mol. The summed E-state index contributed by atoms with van der Waals surface area (Å²) >= 11 is 0. The van der Waals surface area contributed by atoms with E-state index in [1.54, 1.807) is 19.9 Å². The molecule has 18 heavy (non-hydrogen) atoms. The van der Waals surface area contributed by atoms with Crippen LogP contribution >= 0.6 is 0 Å². The molecule has 0 fully saturated rings. The second kappa shape index (κ2) is 4.95. The van der Waals surface area contributed by atoms with E-state index < -0.39 is 11.7 Å². The molecule has 2 rings (SSSR count). The van der Waals surface area contributed by atoms with Gasteiger partial charge in [-0.3, -0.25) is 9.89 Å². The fourth-order valence-corrected chi connectivity index (χ4v) is 1.57. The Labute approximate surface area is 103 Å². The van der Waals surface area contributed by atoms with E-state index in [9.17, 15) is 9.18 Å². The Hall–Kier alpha value is -2.24. The van der Waals surface area contributed by atoms with Crippen molar-refractivity contribution in [2.75, 3.05) is 0 Å². The van der Waals surface area contributed by atoms with Gasteiger partial charge in [0, 0.05) is 0 Å². The Balaban J connectivity index is 2.12. The summed E-state index contributed by atoms with van der Waals surface area (Å²) in [6.45, 7) is 3.51. The van der Waals surface area contributed by atoms with Gasteiger partial charge in [0.25, 0.3) is 5.91 Å². The SMILES string of the molecule is Cc1ccc(C(=O)NC(C)c2ncn[nH]2)c(F)c1. The molecule has 0 spiro atoms. The molecule has 0 saturated carbocycles. The van der Waals surface area contributed by atoms with Crippen molar-refractivity contribution >= 4 is 5.91 Å². The van der Waals surface area contributed by atoms with E-state index in [0.717, 1.165) is 5.56 Å². The van der Waals surface area contributed by atoms with Crippen LogP contribution in [0, 0.1) is 12.7 Å². The van der Waals surface area contributed by atoms with Crippen LogP contribution in [0.1, 0.15) is 34.7 Å². The molecule has 6 heteroatoms. The highest BCUT2D eigenvalue weighted by molar-refractivity contribution is 5.94. The van der Waals surface area contributed by atoms with Crippen LogP contribution in [-0.4, -0.2) is 21.1 Å². The van der Waals surface area contributed by atoms with Gasteiger partial charge in [-0.15, -0.1) is 0 Å². The molecule has 1 heterocycles. The molecule has 1 amide bonds. The van der Waals surface area contributed by atoms with Gasteiger partial charge in [-0.2, -0.15) is 5.10 Å². The van der Waals surface area contributed by atoms with E-state index in [1.807, 2.05) is 0 Å². The molecule has 0 aliphatic rings. The first kappa shape index (κ1) is 12.2. The van der Waals surface area contributed by atoms with Gasteiger partial charge in [-0.05, 0) is 31.5 Å².